The third-order valence-electron chi connectivity index (χ3n) is 4.57. The van der Waals surface area contributed by atoms with Crippen molar-refractivity contribution in [1.82, 2.24) is 10.3 Å². The van der Waals surface area contributed by atoms with Crippen LogP contribution in [-0.2, 0) is 4.79 Å². The van der Waals surface area contributed by atoms with E-state index in [1.165, 1.54) is 11.8 Å². The van der Waals surface area contributed by atoms with Crippen LogP contribution in [0.2, 0.25) is 5.02 Å². The number of hydrogen-bond donors (Lipinski definition) is 1. The van der Waals surface area contributed by atoms with Crippen molar-refractivity contribution in [2.45, 2.75) is 13.1 Å². The molecular weight excluding hydrogens is 400 g/mol. The normalized spacial score (nSPS) is 19.4. The minimum Gasteiger partial charge on any atom is -0.454 e. The molecule has 5 rings (SSSR count). The number of ether oxygens (including phenoxy) is 2. The van der Waals surface area contributed by atoms with E-state index in [0.717, 1.165) is 11.0 Å². The lowest BCUT2D eigenvalue weighted by molar-refractivity contribution is -0.116. The zero-order chi connectivity index (χ0) is 19.3. The standard InChI is InChI=1S/C19H15ClN4O3S/c1-2-28-19-22-18(25)16-10-5-3-4-6-13(10)21-17(24(16)23-19)11-7-14-15(8-12(11)20)27-9-26-14/h3-8,17H,2,9H2,1H3,(H,22,23,25)/t17-/m0/s1. The Morgan fingerprint density at radius 3 is 2.89 bits per heavy atom. The molecule has 28 heavy (non-hydrogen) atoms. The van der Waals surface area contributed by atoms with Crippen LogP contribution < -0.4 is 25.4 Å². The zero-order valence-electron chi connectivity index (χ0n) is 14.8. The van der Waals surface area contributed by atoms with Gasteiger partial charge in [0.25, 0.3) is 5.91 Å². The molecule has 1 amide bonds. The summed E-state index contributed by atoms with van der Waals surface area (Å²) in [5.74, 6) is 1.76. The van der Waals surface area contributed by atoms with E-state index in [2.05, 4.69) is 10.4 Å². The van der Waals surface area contributed by atoms with Crippen LogP contribution in [0.4, 0.5) is 0 Å². The number of rotatable bonds is 2. The number of nitrogens with one attached hydrogen (secondary N) is 1. The van der Waals surface area contributed by atoms with E-state index in [-0.39, 0.29) is 12.7 Å². The molecular formula is C19H15ClN4O3S. The molecule has 2 aromatic carbocycles. The summed E-state index contributed by atoms with van der Waals surface area (Å²) in [5, 5.41) is 11.6. The van der Waals surface area contributed by atoms with Crippen LogP contribution in [0.5, 0.6) is 11.5 Å². The fourth-order valence-corrected chi connectivity index (χ4v) is 4.20. The number of amidine groups is 1. The third-order valence-corrected chi connectivity index (χ3v) is 5.64. The minimum atomic E-state index is -0.592. The SMILES string of the molecule is CCSC1=NN2C(=c3ccccc3=N[C@@H]2c2cc3c(cc2Cl)OCO3)C(=O)N1. The van der Waals surface area contributed by atoms with Crippen molar-refractivity contribution in [3.05, 3.63) is 57.6 Å². The monoisotopic (exact) mass is 414 g/mol. The van der Waals surface area contributed by atoms with E-state index in [1.54, 1.807) is 17.1 Å². The molecule has 0 unspecified atom stereocenters. The molecule has 2 aromatic rings. The lowest BCUT2D eigenvalue weighted by Gasteiger charge is -2.34. The fourth-order valence-electron chi connectivity index (χ4n) is 3.36. The Balaban J connectivity index is 1.74. The maximum Gasteiger partial charge on any atom is 0.276 e. The summed E-state index contributed by atoms with van der Waals surface area (Å²) in [4.78, 5) is 17.8. The Labute approximate surface area is 169 Å². The van der Waals surface area contributed by atoms with E-state index in [0.29, 0.717) is 38.3 Å². The topological polar surface area (TPSA) is 75.5 Å². The van der Waals surface area contributed by atoms with Crippen LogP contribution in [0.25, 0.3) is 5.70 Å². The van der Waals surface area contributed by atoms with Crippen molar-refractivity contribution in [3.8, 4) is 11.5 Å². The number of halogens is 1. The number of fused-ring (bicyclic) bond motifs is 3. The van der Waals surface area contributed by atoms with Gasteiger partial charge in [-0.05, 0) is 17.9 Å². The van der Waals surface area contributed by atoms with E-state index in [1.807, 2.05) is 31.2 Å². The number of hydrazone groups is 1. The number of nitrogens with zero attached hydrogens (tertiary/aromatic N) is 3. The smallest absolute Gasteiger partial charge is 0.276 e. The van der Waals surface area contributed by atoms with Gasteiger partial charge in [-0.25, -0.2) is 5.01 Å². The first-order valence-corrected chi connectivity index (χ1v) is 10.1. The van der Waals surface area contributed by atoms with Gasteiger partial charge in [-0.1, -0.05) is 48.5 Å². The summed E-state index contributed by atoms with van der Waals surface area (Å²) in [5.41, 5.74) is 1.14. The molecule has 1 atom stereocenters. The molecule has 1 N–H and O–H groups in total. The summed E-state index contributed by atoms with van der Waals surface area (Å²) in [6.07, 6.45) is -0.592. The van der Waals surface area contributed by atoms with Crippen LogP contribution in [0.3, 0.4) is 0 Å². The quantitative estimate of drug-likeness (QED) is 0.813. The number of amides is 1. The number of carbonyl (C=O) groups excluding carboxylic acids is 1. The van der Waals surface area contributed by atoms with Gasteiger partial charge < -0.3 is 9.47 Å². The van der Waals surface area contributed by atoms with Crippen molar-refractivity contribution in [2.75, 3.05) is 12.5 Å². The Hall–Kier alpha value is -2.71. The van der Waals surface area contributed by atoms with E-state index < -0.39 is 6.17 Å². The highest BCUT2D eigenvalue weighted by Gasteiger charge is 2.36. The van der Waals surface area contributed by atoms with Crippen LogP contribution in [0.1, 0.15) is 18.7 Å². The summed E-state index contributed by atoms with van der Waals surface area (Å²) < 4.78 is 10.9. The molecule has 0 bridgehead atoms. The minimum absolute atomic E-state index is 0.151. The number of para-hydroxylation sites is 1. The molecule has 3 aliphatic rings. The summed E-state index contributed by atoms with van der Waals surface area (Å²) >= 11 is 8.01. The van der Waals surface area contributed by atoms with Crippen molar-refractivity contribution < 1.29 is 14.3 Å². The van der Waals surface area contributed by atoms with Gasteiger partial charge >= 0.3 is 0 Å². The molecule has 0 aromatic heterocycles. The van der Waals surface area contributed by atoms with Gasteiger partial charge in [0.1, 0.15) is 5.70 Å². The van der Waals surface area contributed by atoms with Crippen LogP contribution >= 0.6 is 23.4 Å². The largest absolute Gasteiger partial charge is 0.454 e. The molecule has 0 fully saturated rings. The Bertz CT molecular complexity index is 1150. The highest BCUT2D eigenvalue weighted by atomic mass is 35.5. The van der Waals surface area contributed by atoms with Crippen molar-refractivity contribution in [1.29, 1.82) is 0 Å². The average Bonchev–Trinajstić information content (AvgIpc) is 3.14. The summed E-state index contributed by atoms with van der Waals surface area (Å²) in [6, 6.07) is 11.0. The van der Waals surface area contributed by atoms with E-state index in [9.17, 15) is 4.79 Å². The van der Waals surface area contributed by atoms with Gasteiger partial charge in [0.2, 0.25) is 6.79 Å². The molecule has 0 spiro atoms. The van der Waals surface area contributed by atoms with Crippen molar-refractivity contribution >= 4 is 40.1 Å². The van der Waals surface area contributed by atoms with Crippen LogP contribution in [0.15, 0.2) is 46.5 Å². The van der Waals surface area contributed by atoms with Crippen LogP contribution in [0, 0.1) is 0 Å². The first kappa shape index (κ1) is 17.4. The van der Waals surface area contributed by atoms with Crippen molar-refractivity contribution in [2.24, 2.45) is 10.1 Å². The maximum absolute atomic E-state index is 12.9. The predicted molar refractivity (Wildman–Crippen MR) is 106 cm³/mol. The maximum atomic E-state index is 12.9. The lowest BCUT2D eigenvalue weighted by Crippen LogP contribution is -2.50. The van der Waals surface area contributed by atoms with Gasteiger partial charge in [-0.3, -0.25) is 15.1 Å². The molecule has 0 saturated carbocycles. The van der Waals surface area contributed by atoms with Gasteiger partial charge in [0, 0.05) is 16.8 Å². The van der Waals surface area contributed by atoms with Gasteiger partial charge in [-0.15, -0.1) is 5.10 Å². The molecule has 0 saturated heterocycles. The van der Waals surface area contributed by atoms with E-state index in [4.69, 9.17) is 26.1 Å². The number of hydrogen-bond acceptors (Lipinski definition) is 7. The van der Waals surface area contributed by atoms with Gasteiger partial charge in [-0.2, -0.15) is 0 Å². The van der Waals surface area contributed by atoms with Gasteiger partial charge in [0.05, 0.1) is 10.4 Å². The van der Waals surface area contributed by atoms with Crippen molar-refractivity contribution in [3.63, 3.8) is 0 Å². The molecule has 3 aliphatic heterocycles. The summed E-state index contributed by atoms with van der Waals surface area (Å²) in [7, 11) is 0. The summed E-state index contributed by atoms with van der Waals surface area (Å²) in [6.45, 7) is 2.15. The second-order valence-corrected chi connectivity index (χ2v) is 7.89. The number of benzene rings is 2. The van der Waals surface area contributed by atoms with Crippen LogP contribution in [-0.4, -0.2) is 28.6 Å². The Kier molecular flexibility index (Phi) is 4.17. The zero-order valence-corrected chi connectivity index (χ0v) is 16.4. The molecule has 9 heteroatoms. The second-order valence-electron chi connectivity index (χ2n) is 6.23. The molecule has 0 aliphatic carbocycles. The predicted octanol–water partition coefficient (Wildman–Crippen LogP) is 1.96. The third kappa shape index (κ3) is 2.71. The Morgan fingerprint density at radius 1 is 1.29 bits per heavy atom. The first-order valence-electron chi connectivity index (χ1n) is 8.74. The number of carbonyl (C=O) groups is 1. The van der Waals surface area contributed by atoms with Gasteiger partial charge in [0.15, 0.2) is 22.8 Å². The Morgan fingerprint density at radius 2 is 2.07 bits per heavy atom. The highest BCUT2D eigenvalue weighted by Crippen LogP contribution is 2.42. The highest BCUT2D eigenvalue weighted by molar-refractivity contribution is 8.13. The average molecular weight is 415 g/mol. The first-order chi connectivity index (χ1) is 13.7. The molecule has 142 valence electrons. The lowest BCUT2D eigenvalue weighted by atomic mass is 10.1. The number of thioether (sulfide) groups is 1. The molecule has 7 nitrogen and oxygen atoms in total. The second kappa shape index (κ2) is 6.72. The fraction of sp³-hybridized carbons (Fsp3) is 0.211. The molecule has 3 heterocycles. The molecule has 0 radical (unpaired) electrons. The van der Waals surface area contributed by atoms with E-state index >= 15 is 0 Å².